The predicted molar refractivity (Wildman–Crippen MR) is 70.9 cm³/mol. The Kier molecular flexibility index (Phi) is 4.15. The summed E-state index contributed by atoms with van der Waals surface area (Å²) in [5, 5.41) is 7.57. The average Bonchev–Trinajstić information content (AvgIpc) is 2.83. The van der Waals surface area contributed by atoms with Gasteiger partial charge in [0.15, 0.2) is 0 Å². The largest absolute Gasteiger partial charge is 0.317 e. The summed E-state index contributed by atoms with van der Waals surface area (Å²) < 4.78 is 41.5. The van der Waals surface area contributed by atoms with E-state index in [1.54, 1.807) is 11.5 Å². The number of hydrogen-bond acceptors (Lipinski definition) is 4. The molecule has 8 heteroatoms. The minimum absolute atomic E-state index is 0.0347. The molecule has 0 aliphatic carbocycles. The molecule has 6 nitrogen and oxygen atoms in total. The molecule has 0 radical (unpaired) electrons. The van der Waals surface area contributed by atoms with E-state index in [4.69, 9.17) is 0 Å². The van der Waals surface area contributed by atoms with E-state index in [9.17, 15) is 12.8 Å². The molecule has 2 aromatic rings. The fourth-order valence-corrected chi connectivity index (χ4v) is 3.04. The first kappa shape index (κ1) is 14.6. The van der Waals surface area contributed by atoms with Gasteiger partial charge in [0.2, 0.25) is 10.0 Å². The fraction of sp³-hybridized carbons (Fsp3) is 0.333. The lowest BCUT2D eigenvalue weighted by Gasteiger charge is -2.09. The molecule has 0 saturated heterocycles. The quantitative estimate of drug-likeness (QED) is 0.900. The maximum Gasteiger partial charge on any atom is 0.241 e. The standard InChI is InChI=1S/C12H15FN4O2S/c1-3-17-8-14-16-12(17)7-15-20(18,19)11-5-4-10(13)6-9(11)2/h4-6,8,15H,3,7H2,1-2H3. The van der Waals surface area contributed by atoms with Gasteiger partial charge < -0.3 is 4.57 Å². The first-order valence-electron chi connectivity index (χ1n) is 6.06. The lowest BCUT2D eigenvalue weighted by molar-refractivity contribution is 0.573. The Morgan fingerprint density at radius 1 is 1.40 bits per heavy atom. The summed E-state index contributed by atoms with van der Waals surface area (Å²) in [4.78, 5) is 0.0569. The van der Waals surface area contributed by atoms with Crippen LogP contribution in [0.5, 0.6) is 0 Å². The molecule has 0 amide bonds. The predicted octanol–water partition coefficient (Wildman–Crippen LogP) is 1.22. The maximum atomic E-state index is 13.0. The van der Waals surface area contributed by atoms with Gasteiger partial charge in [0.25, 0.3) is 0 Å². The SMILES string of the molecule is CCn1cnnc1CNS(=O)(=O)c1ccc(F)cc1C. The summed E-state index contributed by atoms with van der Waals surface area (Å²) in [6.07, 6.45) is 1.53. The number of aryl methyl sites for hydroxylation is 2. The highest BCUT2D eigenvalue weighted by Crippen LogP contribution is 2.16. The number of halogens is 1. The molecule has 1 aromatic heterocycles. The number of rotatable bonds is 5. The van der Waals surface area contributed by atoms with E-state index in [-0.39, 0.29) is 11.4 Å². The van der Waals surface area contributed by atoms with Crippen molar-refractivity contribution in [2.24, 2.45) is 0 Å². The minimum Gasteiger partial charge on any atom is -0.317 e. The Hall–Kier alpha value is -1.80. The molecule has 1 heterocycles. The molecule has 20 heavy (non-hydrogen) atoms. The average molecular weight is 298 g/mol. The lowest BCUT2D eigenvalue weighted by Crippen LogP contribution is -2.25. The van der Waals surface area contributed by atoms with E-state index >= 15 is 0 Å². The summed E-state index contributed by atoms with van der Waals surface area (Å²) in [7, 11) is -3.71. The number of hydrogen-bond donors (Lipinski definition) is 1. The van der Waals surface area contributed by atoms with E-state index in [0.29, 0.717) is 17.9 Å². The molecular formula is C12H15FN4O2S. The minimum atomic E-state index is -3.71. The highest BCUT2D eigenvalue weighted by atomic mass is 32.2. The van der Waals surface area contributed by atoms with Crippen LogP contribution >= 0.6 is 0 Å². The Balaban J connectivity index is 2.19. The van der Waals surface area contributed by atoms with Crippen molar-refractivity contribution in [1.29, 1.82) is 0 Å². The number of benzene rings is 1. The highest BCUT2D eigenvalue weighted by Gasteiger charge is 2.18. The van der Waals surface area contributed by atoms with Crippen LogP contribution in [0, 0.1) is 12.7 Å². The van der Waals surface area contributed by atoms with Gasteiger partial charge in [-0.05, 0) is 37.6 Å². The molecule has 1 aromatic carbocycles. The van der Waals surface area contributed by atoms with Crippen LogP contribution in [0.2, 0.25) is 0 Å². The number of aromatic nitrogens is 3. The van der Waals surface area contributed by atoms with Gasteiger partial charge in [0, 0.05) is 6.54 Å². The number of nitrogens with zero attached hydrogens (tertiary/aromatic N) is 3. The van der Waals surface area contributed by atoms with Gasteiger partial charge in [-0.3, -0.25) is 0 Å². The molecular weight excluding hydrogens is 283 g/mol. The number of sulfonamides is 1. The first-order valence-corrected chi connectivity index (χ1v) is 7.55. The van der Waals surface area contributed by atoms with E-state index in [1.165, 1.54) is 18.5 Å². The zero-order valence-corrected chi connectivity index (χ0v) is 12.0. The van der Waals surface area contributed by atoms with Crippen molar-refractivity contribution >= 4 is 10.0 Å². The normalized spacial score (nSPS) is 11.8. The molecule has 108 valence electrons. The van der Waals surface area contributed by atoms with Crippen molar-refractivity contribution in [3.63, 3.8) is 0 Å². The van der Waals surface area contributed by atoms with Crippen LogP contribution in [-0.4, -0.2) is 23.2 Å². The molecule has 0 fully saturated rings. The van der Waals surface area contributed by atoms with Crippen molar-refractivity contribution in [2.45, 2.75) is 31.8 Å². The summed E-state index contributed by atoms with van der Waals surface area (Å²) in [5.41, 5.74) is 0.356. The van der Waals surface area contributed by atoms with Crippen molar-refractivity contribution in [3.8, 4) is 0 Å². The van der Waals surface area contributed by atoms with Gasteiger partial charge in [0.1, 0.15) is 18.0 Å². The van der Waals surface area contributed by atoms with Gasteiger partial charge in [0.05, 0.1) is 11.4 Å². The molecule has 0 bridgehead atoms. The maximum absolute atomic E-state index is 13.0. The monoisotopic (exact) mass is 298 g/mol. The van der Waals surface area contributed by atoms with Gasteiger partial charge in [-0.25, -0.2) is 17.5 Å². The molecule has 0 saturated carbocycles. The third-order valence-corrected chi connectivity index (χ3v) is 4.44. The molecule has 1 N–H and O–H groups in total. The summed E-state index contributed by atoms with van der Waals surface area (Å²) in [5.74, 6) is 0.0583. The van der Waals surface area contributed by atoms with E-state index < -0.39 is 15.8 Å². The fourth-order valence-electron chi connectivity index (χ4n) is 1.83. The second kappa shape index (κ2) is 5.68. The Labute approximate surface area is 116 Å². The van der Waals surface area contributed by atoms with Crippen LogP contribution < -0.4 is 4.72 Å². The lowest BCUT2D eigenvalue weighted by atomic mass is 10.2. The van der Waals surface area contributed by atoms with Crippen molar-refractivity contribution < 1.29 is 12.8 Å². The third kappa shape index (κ3) is 3.02. The molecule has 0 aliphatic heterocycles. The zero-order valence-electron chi connectivity index (χ0n) is 11.2. The molecule has 2 rings (SSSR count). The van der Waals surface area contributed by atoms with Gasteiger partial charge in [-0.15, -0.1) is 10.2 Å². The molecule has 0 unspecified atom stereocenters. The van der Waals surface area contributed by atoms with Crippen molar-refractivity contribution in [1.82, 2.24) is 19.5 Å². The Bertz CT molecular complexity index is 712. The second-order valence-corrected chi connectivity index (χ2v) is 6.00. The van der Waals surface area contributed by atoms with Crippen LogP contribution in [0.25, 0.3) is 0 Å². The molecule has 0 atom stereocenters. The summed E-state index contributed by atoms with van der Waals surface area (Å²) >= 11 is 0. The zero-order chi connectivity index (χ0) is 14.8. The van der Waals surface area contributed by atoms with Crippen LogP contribution in [0.4, 0.5) is 4.39 Å². The van der Waals surface area contributed by atoms with Crippen LogP contribution in [0.3, 0.4) is 0 Å². The van der Waals surface area contributed by atoms with Gasteiger partial charge in [-0.1, -0.05) is 0 Å². The van der Waals surface area contributed by atoms with E-state index in [0.717, 1.165) is 6.07 Å². The highest BCUT2D eigenvalue weighted by molar-refractivity contribution is 7.89. The second-order valence-electron chi connectivity index (χ2n) is 4.27. The summed E-state index contributed by atoms with van der Waals surface area (Å²) in [6.45, 7) is 4.14. The van der Waals surface area contributed by atoms with Gasteiger partial charge >= 0.3 is 0 Å². The first-order chi connectivity index (χ1) is 9.44. The van der Waals surface area contributed by atoms with Crippen LogP contribution in [-0.2, 0) is 23.1 Å². The van der Waals surface area contributed by atoms with Crippen molar-refractivity contribution in [2.75, 3.05) is 0 Å². The Morgan fingerprint density at radius 3 is 2.80 bits per heavy atom. The van der Waals surface area contributed by atoms with Crippen LogP contribution in [0.1, 0.15) is 18.3 Å². The third-order valence-electron chi connectivity index (χ3n) is 2.88. The molecule has 0 aliphatic rings. The summed E-state index contributed by atoms with van der Waals surface area (Å²) in [6, 6.07) is 3.55. The van der Waals surface area contributed by atoms with E-state index in [2.05, 4.69) is 14.9 Å². The Morgan fingerprint density at radius 2 is 2.15 bits per heavy atom. The van der Waals surface area contributed by atoms with Gasteiger partial charge in [-0.2, -0.15) is 0 Å². The smallest absolute Gasteiger partial charge is 0.241 e. The topological polar surface area (TPSA) is 76.9 Å². The molecule has 0 spiro atoms. The van der Waals surface area contributed by atoms with Crippen LogP contribution in [0.15, 0.2) is 29.4 Å². The van der Waals surface area contributed by atoms with Crippen molar-refractivity contribution in [3.05, 3.63) is 41.7 Å². The number of nitrogens with one attached hydrogen (secondary N) is 1. The van der Waals surface area contributed by atoms with E-state index in [1.807, 2.05) is 6.92 Å².